The molecule has 1 aromatic carbocycles. The molecule has 0 saturated carbocycles. The summed E-state index contributed by atoms with van der Waals surface area (Å²) in [6.45, 7) is 0.301. The van der Waals surface area contributed by atoms with E-state index in [9.17, 15) is 18.0 Å². The van der Waals surface area contributed by atoms with Gasteiger partial charge in [0.15, 0.2) is 6.61 Å². The number of para-hydroxylation sites is 2. The van der Waals surface area contributed by atoms with E-state index in [1.165, 1.54) is 12.1 Å². The third-order valence-electron chi connectivity index (χ3n) is 3.19. The van der Waals surface area contributed by atoms with Gasteiger partial charge in [-0.15, -0.1) is 0 Å². The van der Waals surface area contributed by atoms with Crippen LogP contribution in [-0.2, 0) is 4.79 Å². The summed E-state index contributed by atoms with van der Waals surface area (Å²) in [6.07, 6.45) is -3.13. The summed E-state index contributed by atoms with van der Waals surface area (Å²) >= 11 is 0. The van der Waals surface area contributed by atoms with E-state index in [-0.39, 0.29) is 23.3 Å². The van der Waals surface area contributed by atoms with Gasteiger partial charge in [0, 0.05) is 6.42 Å². The molecule has 21 heavy (non-hydrogen) atoms. The Morgan fingerprint density at radius 2 is 2.14 bits per heavy atom. The van der Waals surface area contributed by atoms with Gasteiger partial charge in [0.1, 0.15) is 5.75 Å². The topological polar surface area (TPSA) is 50.4 Å². The van der Waals surface area contributed by atoms with Gasteiger partial charge in [-0.3, -0.25) is 4.79 Å². The van der Waals surface area contributed by atoms with Crippen molar-refractivity contribution in [3.8, 4) is 5.75 Å². The van der Waals surface area contributed by atoms with Gasteiger partial charge in [-0.05, 0) is 37.6 Å². The van der Waals surface area contributed by atoms with Crippen molar-refractivity contribution in [3.63, 3.8) is 0 Å². The van der Waals surface area contributed by atoms with Crippen molar-refractivity contribution in [3.05, 3.63) is 24.3 Å². The number of carbonyl (C=O) groups excluding carboxylic acids is 1. The van der Waals surface area contributed by atoms with Gasteiger partial charge in [0.05, 0.1) is 5.69 Å². The molecule has 1 unspecified atom stereocenters. The standard InChI is InChI=1S/C14H17F3N2O2/c15-14(16,17)9-21-12-4-2-1-3-11(12)19-13(20)7-10-5-6-18-8-10/h1-4,10,18H,5-9H2,(H,19,20). The number of anilines is 1. The van der Waals surface area contributed by atoms with Crippen LogP contribution in [-0.4, -0.2) is 31.8 Å². The summed E-state index contributed by atoms with van der Waals surface area (Å²) < 4.78 is 41.3. The molecule has 7 heteroatoms. The highest BCUT2D eigenvalue weighted by Crippen LogP contribution is 2.26. The highest BCUT2D eigenvalue weighted by atomic mass is 19.4. The second-order valence-corrected chi connectivity index (χ2v) is 5.01. The second kappa shape index (κ2) is 6.80. The first-order chi connectivity index (χ1) is 9.94. The van der Waals surface area contributed by atoms with Crippen LogP contribution in [0.3, 0.4) is 0 Å². The maximum Gasteiger partial charge on any atom is 0.422 e. The number of hydrogen-bond donors (Lipinski definition) is 2. The van der Waals surface area contributed by atoms with Gasteiger partial charge in [-0.25, -0.2) is 0 Å². The lowest BCUT2D eigenvalue weighted by Crippen LogP contribution is -2.21. The molecule has 1 amide bonds. The fourth-order valence-corrected chi connectivity index (χ4v) is 2.21. The van der Waals surface area contributed by atoms with E-state index in [1.54, 1.807) is 12.1 Å². The first-order valence-electron chi connectivity index (χ1n) is 6.73. The Kier molecular flexibility index (Phi) is 5.06. The summed E-state index contributed by atoms with van der Waals surface area (Å²) in [5, 5.41) is 5.77. The molecule has 1 aliphatic rings. The zero-order valence-electron chi connectivity index (χ0n) is 11.4. The largest absolute Gasteiger partial charge is 0.482 e. The molecule has 0 bridgehead atoms. The molecule has 116 valence electrons. The Morgan fingerprint density at radius 1 is 1.38 bits per heavy atom. The third-order valence-corrected chi connectivity index (χ3v) is 3.19. The number of hydrogen-bond acceptors (Lipinski definition) is 3. The molecule has 0 spiro atoms. The number of amides is 1. The molecule has 4 nitrogen and oxygen atoms in total. The van der Waals surface area contributed by atoms with Gasteiger partial charge in [0.25, 0.3) is 0 Å². The summed E-state index contributed by atoms with van der Waals surface area (Å²) in [5.41, 5.74) is 0.262. The molecular weight excluding hydrogens is 285 g/mol. The molecule has 1 aromatic rings. The summed E-state index contributed by atoms with van der Waals surface area (Å²) in [5.74, 6) is 0.0766. The lowest BCUT2D eigenvalue weighted by molar-refractivity contribution is -0.153. The normalized spacial score (nSPS) is 18.5. The number of nitrogens with one attached hydrogen (secondary N) is 2. The van der Waals surface area contributed by atoms with Crippen LogP contribution in [0.4, 0.5) is 18.9 Å². The van der Waals surface area contributed by atoms with Crippen molar-refractivity contribution in [1.82, 2.24) is 5.32 Å². The fourth-order valence-electron chi connectivity index (χ4n) is 2.21. The van der Waals surface area contributed by atoms with E-state index in [1.807, 2.05) is 0 Å². The van der Waals surface area contributed by atoms with Crippen LogP contribution in [0.1, 0.15) is 12.8 Å². The van der Waals surface area contributed by atoms with E-state index in [0.717, 1.165) is 19.5 Å². The third kappa shape index (κ3) is 5.26. The summed E-state index contributed by atoms with van der Waals surface area (Å²) in [6, 6.07) is 6.12. The van der Waals surface area contributed by atoms with Crippen LogP contribution in [0.5, 0.6) is 5.75 Å². The van der Waals surface area contributed by atoms with Crippen molar-refractivity contribution in [2.75, 3.05) is 25.0 Å². The molecule has 1 heterocycles. The minimum atomic E-state index is -4.41. The van der Waals surface area contributed by atoms with Gasteiger partial charge < -0.3 is 15.4 Å². The highest BCUT2D eigenvalue weighted by Gasteiger charge is 2.29. The highest BCUT2D eigenvalue weighted by molar-refractivity contribution is 5.92. The van der Waals surface area contributed by atoms with Crippen molar-refractivity contribution in [2.45, 2.75) is 19.0 Å². The SMILES string of the molecule is O=C(CC1CCNC1)Nc1ccccc1OCC(F)(F)F. The summed E-state index contributed by atoms with van der Waals surface area (Å²) in [7, 11) is 0. The Balaban J connectivity index is 1.93. The Hall–Kier alpha value is -1.76. The second-order valence-electron chi connectivity index (χ2n) is 5.01. The predicted molar refractivity (Wildman–Crippen MR) is 72.2 cm³/mol. The van der Waals surface area contributed by atoms with Gasteiger partial charge >= 0.3 is 6.18 Å². The first kappa shape index (κ1) is 15.6. The van der Waals surface area contributed by atoms with Gasteiger partial charge in [0.2, 0.25) is 5.91 Å². The van der Waals surface area contributed by atoms with Crippen LogP contribution in [0.2, 0.25) is 0 Å². The van der Waals surface area contributed by atoms with Crippen LogP contribution in [0.25, 0.3) is 0 Å². The van der Waals surface area contributed by atoms with Crippen LogP contribution >= 0.6 is 0 Å². The number of halogens is 3. The van der Waals surface area contributed by atoms with E-state index < -0.39 is 12.8 Å². The lowest BCUT2D eigenvalue weighted by atomic mass is 10.0. The van der Waals surface area contributed by atoms with Crippen molar-refractivity contribution in [1.29, 1.82) is 0 Å². The molecule has 2 N–H and O–H groups in total. The molecule has 1 atom stereocenters. The molecule has 0 radical (unpaired) electrons. The van der Waals surface area contributed by atoms with E-state index >= 15 is 0 Å². The van der Waals surface area contributed by atoms with Crippen molar-refractivity contribution >= 4 is 11.6 Å². The number of carbonyl (C=O) groups is 1. The zero-order chi connectivity index (χ0) is 15.3. The van der Waals surface area contributed by atoms with Crippen LogP contribution in [0, 0.1) is 5.92 Å². The first-order valence-corrected chi connectivity index (χ1v) is 6.73. The average Bonchev–Trinajstić information content (AvgIpc) is 2.89. The fraction of sp³-hybridized carbons (Fsp3) is 0.500. The van der Waals surface area contributed by atoms with Crippen LogP contribution < -0.4 is 15.4 Å². The van der Waals surface area contributed by atoms with Crippen molar-refractivity contribution in [2.24, 2.45) is 5.92 Å². The smallest absolute Gasteiger partial charge is 0.422 e. The minimum Gasteiger partial charge on any atom is -0.482 e. The molecule has 1 saturated heterocycles. The van der Waals surface area contributed by atoms with Crippen molar-refractivity contribution < 1.29 is 22.7 Å². The maximum atomic E-state index is 12.2. The molecular formula is C14H17F3N2O2. The Bertz CT molecular complexity index is 485. The van der Waals surface area contributed by atoms with Gasteiger partial charge in [-0.2, -0.15) is 13.2 Å². The minimum absolute atomic E-state index is 0.0210. The number of benzene rings is 1. The number of alkyl halides is 3. The van der Waals surface area contributed by atoms with Crippen LogP contribution in [0.15, 0.2) is 24.3 Å². The zero-order valence-corrected chi connectivity index (χ0v) is 11.4. The predicted octanol–water partition coefficient (Wildman–Crippen LogP) is 2.57. The van der Waals surface area contributed by atoms with E-state index in [2.05, 4.69) is 10.6 Å². The maximum absolute atomic E-state index is 12.2. The quantitative estimate of drug-likeness (QED) is 0.879. The van der Waals surface area contributed by atoms with E-state index in [4.69, 9.17) is 4.74 Å². The average molecular weight is 302 g/mol. The van der Waals surface area contributed by atoms with E-state index in [0.29, 0.717) is 6.42 Å². The molecule has 0 aliphatic carbocycles. The Morgan fingerprint density at radius 3 is 2.81 bits per heavy atom. The molecule has 1 fully saturated rings. The monoisotopic (exact) mass is 302 g/mol. The number of rotatable bonds is 5. The molecule has 2 rings (SSSR count). The number of ether oxygens (including phenoxy) is 1. The molecule has 0 aromatic heterocycles. The lowest BCUT2D eigenvalue weighted by Gasteiger charge is -2.14. The summed E-state index contributed by atoms with van der Waals surface area (Å²) in [4.78, 5) is 11.9. The Labute approximate surface area is 120 Å². The van der Waals surface area contributed by atoms with Gasteiger partial charge in [-0.1, -0.05) is 12.1 Å². The molecule has 1 aliphatic heterocycles.